The van der Waals surface area contributed by atoms with Gasteiger partial charge in [0.1, 0.15) is 11.2 Å². The molecule has 0 spiro atoms. The van der Waals surface area contributed by atoms with Gasteiger partial charge in [-0.25, -0.2) is 0 Å². The Hall–Kier alpha value is -4.88. The molecule has 0 aliphatic heterocycles. The second-order valence-corrected chi connectivity index (χ2v) is 11.7. The van der Waals surface area contributed by atoms with Crippen molar-refractivity contribution >= 4 is 54.3 Å². The Morgan fingerprint density at radius 1 is 0.450 bits per heavy atom. The normalized spacial score (nSPS) is 13.9. The van der Waals surface area contributed by atoms with Crippen LogP contribution in [0.5, 0.6) is 0 Å². The molecule has 9 rings (SSSR count). The Balaban J connectivity index is 1.28. The van der Waals surface area contributed by atoms with E-state index in [2.05, 4.69) is 129 Å². The van der Waals surface area contributed by atoms with E-state index >= 15 is 0 Å². The molecule has 0 N–H and O–H groups in total. The lowest BCUT2D eigenvalue weighted by atomic mass is 9.81. The Labute approximate surface area is 232 Å². The molecule has 0 atom stereocenters. The molecule has 1 aliphatic carbocycles. The molecular weight excluding hydrogens is 484 g/mol. The van der Waals surface area contributed by atoms with Crippen LogP contribution >= 0.6 is 0 Å². The van der Waals surface area contributed by atoms with E-state index in [9.17, 15) is 0 Å². The number of rotatable bonds is 1. The highest BCUT2D eigenvalue weighted by atomic mass is 16.3. The standard InChI is InChI=1S/C39H26O/c1-39(2)34-20-19-31-30-13-7-8-14-36(30)40-38(31)37(34)32-18-16-24(22-35(32)39)23-15-17-29-27-11-4-3-9-25(27)26-10-5-6-12-28(26)33(29)21-23/h3-22H,1-2H3. The summed E-state index contributed by atoms with van der Waals surface area (Å²) in [6.07, 6.45) is 0. The third-order valence-electron chi connectivity index (χ3n) is 9.26. The van der Waals surface area contributed by atoms with E-state index in [4.69, 9.17) is 4.42 Å². The summed E-state index contributed by atoms with van der Waals surface area (Å²) in [4.78, 5) is 0. The van der Waals surface area contributed by atoms with Crippen LogP contribution in [0.2, 0.25) is 0 Å². The molecule has 0 unspecified atom stereocenters. The number of para-hydroxylation sites is 1. The molecular formula is C39H26O. The summed E-state index contributed by atoms with van der Waals surface area (Å²) in [6, 6.07) is 44.5. The molecule has 188 valence electrons. The molecule has 0 amide bonds. The van der Waals surface area contributed by atoms with Gasteiger partial charge in [-0.05, 0) is 78.3 Å². The summed E-state index contributed by atoms with van der Waals surface area (Å²) >= 11 is 0. The lowest BCUT2D eigenvalue weighted by molar-refractivity contribution is 0.653. The van der Waals surface area contributed by atoms with Crippen LogP contribution in [0.15, 0.2) is 126 Å². The van der Waals surface area contributed by atoms with Gasteiger partial charge in [0.05, 0.1) is 0 Å². The first-order valence-corrected chi connectivity index (χ1v) is 14.0. The first-order chi connectivity index (χ1) is 19.6. The molecule has 40 heavy (non-hydrogen) atoms. The summed E-state index contributed by atoms with van der Waals surface area (Å²) in [5.41, 5.74) is 9.55. The average Bonchev–Trinajstić information content (AvgIpc) is 3.49. The van der Waals surface area contributed by atoms with Crippen molar-refractivity contribution < 1.29 is 4.42 Å². The van der Waals surface area contributed by atoms with Gasteiger partial charge in [-0.1, -0.05) is 117 Å². The lowest BCUT2D eigenvalue weighted by Crippen LogP contribution is -2.14. The van der Waals surface area contributed by atoms with Crippen molar-refractivity contribution in [2.24, 2.45) is 0 Å². The van der Waals surface area contributed by atoms with Gasteiger partial charge in [0, 0.05) is 21.8 Å². The van der Waals surface area contributed by atoms with Crippen LogP contribution in [0.1, 0.15) is 25.0 Å². The van der Waals surface area contributed by atoms with Gasteiger partial charge in [0.2, 0.25) is 0 Å². The van der Waals surface area contributed by atoms with Crippen molar-refractivity contribution in [2.75, 3.05) is 0 Å². The van der Waals surface area contributed by atoms with E-state index < -0.39 is 0 Å². The molecule has 8 aromatic rings. The fourth-order valence-corrected chi connectivity index (χ4v) is 7.27. The third-order valence-corrected chi connectivity index (χ3v) is 9.26. The van der Waals surface area contributed by atoms with Gasteiger partial charge >= 0.3 is 0 Å². The van der Waals surface area contributed by atoms with Crippen molar-refractivity contribution in [3.63, 3.8) is 0 Å². The predicted octanol–water partition coefficient (Wildman–Crippen LogP) is 11.0. The Morgan fingerprint density at radius 2 is 1.00 bits per heavy atom. The quantitative estimate of drug-likeness (QED) is 0.200. The highest BCUT2D eigenvalue weighted by Gasteiger charge is 2.38. The highest BCUT2D eigenvalue weighted by molar-refractivity contribution is 6.25. The molecule has 0 radical (unpaired) electrons. The van der Waals surface area contributed by atoms with Gasteiger partial charge in [-0.2, -0.15) is 0 Å². The fraction of sp³-hybridized carbons (Fsp3) is 0.0769. The zero-order chi connectivity index (χ0) is 26.6. The molecule has 0 saturated heterocycles. The van der Waals surface area contributed by atoms with Gasteiger partial charge < -0.3 is 4.42 Å². The van der Waals surface area contributed by atoms with Crippen LogP contribution in [0, 0.1) is 0 Å². The van der Waals surface area contributed by atoms with Gasteiger partial charge in [-0.3, -0.25) is 0 Å². The summed E-state index contributed by atoms with van der Waals surface area (Å²) in [5, 5.41) is 10.2. The summed E-state index contributed by atoms with van der Waals surface area (Å²) in [7, 11) is 0. The molecule has 1 heterocycles. The zero-order valence-corrected chi connectivity index (χ0v) is 22.5. The minimum Gasteiger partial charge on any atom is -0.455 e. The monoisotopic (exact) mass is 510 g/mol. The van der Waals surface area contributed by atoms with Gasteiger partial charge in [0.25, 0.3) is 0 Å². The zero-order valence-electron chi connectivity index (χ0n) is 22.5. The second kappa shape index (κ2) is 7.61. The maximum Gasteiger partial charge on any atom is 0.143 e. The first-order valence-electron chi connectivity index (χ1n) is 14.0. The van der Waals surface area contributed by atoms with Crippen molar-refractivity contribution in [3.8, 4) is 22.3 Å². The van der Waals surface area contributed by atoms with Crippen LogP contribution in [-0.2, 0) is 5.41 Å². The Bertz CT molecular complexity index is 2310. The molecule has 1 aliphatic rings. The lowest BCUT2D eigenvalue weighted by Gasteiger charge is -2.22. The van der Waals surface area contributed by atoms with E-state index in [1.54, 1.807) is 0 Å². The second-order valence-electron chi connectivity index (χ2n) is 11.7. The molecule has 1 heteroatoms. The number of fused-ring (bicyclic) bond motifs is 13. The van der Waals surface area contributed by atoms with Crippen molar-refractivity contribution in [2.45, 2.75) is 19.3 Å². The van der Waals surface area contributed by atoms with Crippen LogP contribution in [0.25, 0.3) is 76.5 Å². The largest absolute Gasteiger partial charge is 0.455 e. The minimum atomic E-state index is -0.117. The van der Waals surface area contributed by atoms with Crippen LogP contribution < -0.4 is 0 Å². The molecule has 1 nitrogen and oxygen atoms in total. The van der Waals surface area contributed by atoms with Gasteiger partial charge in [-0.15, -0.1) is 0 Å². The Kier molecular flexibility index (Phi) is 4.18. The smallest absolute Gasteiger partial charge is 0.143 e. The highest BCUT2D eigenvalue weighted by Crippen LogP contribution is 2.53. The maximum absolute atomic E-state index is 6.48. The SMILES string of the molecule is CC1(C)c2cc(-c3ccc4c5ccccc5c5ccccc5c4c3)ccc2-c2c1ccc1c2oc2ccccc21. The van der Waals surface area contributed by atoms with E-state index in [-0.39, 0.29) is 5.41 Å². The number of hydrogen-bond donors (Lipinski definition) is 0. The Morgan fingerprint density at radius 3 is 1.73 bits per heavy atom. The van der Waals surface area contributed by atoms with E-state index in [1.807, 2.05) is 6.07 Å². The molecule has 0 bridgehead atoms. The van der Waals surface area contributed by atoms with Crippen molar-refractivity contribution in [3.05, 3.63) is 132 Å². The van der Waals surface area contributed by atoms with Crippen molar-refractivity contribution in [1.82, 2.24) is 0 Å². The van der Waals surface area contributed by atoms with Crippen LogP contribution in [-0.4, -0.2) is 0 Å². The van der Waals surface area contributed by atoms with Gasteiger partial charge in [0.15, 0.2) is 0 Å². The first kappa shape index (κ1) is 22.0. The topological polar surface area (TPSA) is 13.1 Å². The number of hydrogen-bond acceptors (Lipinski definition) is 1. The summed E-state index contributed by atoms with van der Waals surface area (Å²) in [6.45, 7) is 4.69. The maximum atomic E-state index is 6.48. The molecule has 0 fully saturated rings. The molecule has 7 aromatic carbocycles. The van der Waals surface area contributed by atoms with E-state index in [1.165, 1.54) is 76.5 Å². The summed E-state index contributed by atoms with van der Waals surface area (Å²) < 4.78 is 6.48. The average molecular weight is 511 g/mol. The third kappa shape index (κ3) is 2.77. The molecule has 0 saturated carbocycles. The number of furan rings is 1. The van der Waals surface area contributed by atoms with Crippen LogP contribution in [0.3, 0.4) is 0 Å². The summed E-state index contributed by atoms with van der Waals surface area (Å²) in [5.74, 6) is 0. The predicted molar refractivity (Wildman–Crippen MR) is 169 cm³/mol. The van der Waals surface area contributed by atoms with E-state index in [0.29, 0.717) is 0 Å². The van der Waals surface area contributed by atoms with E-state index in [0.717, 1.165) is 11.2 Å². The van der Waals surface area contributed by atoms with Crippen LogP contribution in [0.4, 0.5) is 0 Å². The fourth-order valence-electron chi connectivity index (χ4n) is 7.27. The minimum absolute atomic E-state index is 0.117. The van der Waals surface area contributed by atoms with Crippen molar-refractivity contribution in [1.29, 1.82) is 0 Å². The number of benzene rings is 7. The molecule has 1 aromatic heterocycles.